The minimum absolute atomic E-state index is 0.0483. The molecule has 28 heavy (non-hydrogen) atoms. The molecule has 0 radical (unpaired) electrons. The summed E-state index contributed by atoms with van der Waals surface area (Å²) < 4.78 is 23.0. The first kappa shape index (κ1) is 17.7. The second-order valence-corrected chi connectivity index (χ2v) is 7.56. The lowest BCUT2D eigenvalue weighted by atomic mass is 9.83. The lowest BCUT2D eigenvalue weighted by molar-refractivity contribution is -0.0494. The van der Waals surface area contributed by atoms with Crippen LogP contribution in [0.2, 0.25) is 0 Å². The van der Waals surface area contributed by atoms with Gasteiger partial charge < -0.3 is 24.3 Å². The van der Waals surface area contributed by atoms with E-state index in [1.54, 1.807) is 7.11 Å². The minimum Gasteiger partial charge on any atom is -0.454 e. The number of hydrogen-bond donors (Lipinski definition) is 1. The van der Waals surface area contributed by atoms with Gasteiger partial charge in [-0.3, -0.25) is 0 Å². The molecule has 3 aliphatic rings. The lowest BCUT2D eigenvalue weighted by Gasteiger charge is -2.33. The molecule has 1 aliphatic carbocycles. The van der Waals surface area contributed by atoms with Crippen LogP contribution in [-0.2, 0) is 16.1 Å². The van der Waals surface area contributed by atoms with Crippen molar-refractivity contribution in [1.82, 2.24) is 5.32 Å². The average Bonchev–Trinajstić information content (AvgIpc) is 3.38. The Balaban J connectivity index is 1.38. The first-order chi connectivity index (χ1) is 13.8. The predicted molar refractivity (Wildman–Crippen MR) is 106 cm³/mol. The van der Waals surface area contributed by atoms with Crippen LogP contribution in [0.3, 0.4) is 0 Å². The van der Waals surface area contributed by atoms with Crippen molar-refractivity contribution in [3.05, 3.63) is 71.3 Å². The summed E-state index contributed by atoms with van der Waals surface area (Å²) in [6.07, 6.45) is 3.21. The van der Waals surface area contributed by atoms with Gasteiger partial charge in [0.05, 0.1) is 12.7 Å². The maximum absolute atomic E-state index is 6.27. The topological polar surface area (TPSA) is 49.0 Å². The number of nitrogens with one attached hydrogen (secondary N) is 1. The molecule has 0 unspecified atom stereocenters. The zero-order valence-corrected chi connectivity index (χ0v) is 16.0. The van der Waals surface area contributed by atoms with Crippen LogP contribution in [0, 0.1) is 0 Å². The van der Waals surface area contributed by atoms with Crippen molar-refractivity contribution < 1.29 is 18.9 Å². The minimum atomic E-state index is -0.0483. The molecule has 2 aromatic carbocycles. The van der Waals surface area contributed by atoms with Crippen molar-refractivity contribution in [3.8, 4) is 11.5 Å². The third-order valence-corrected chi connectivity index (χ3v) is 5.95. The average molecular weight is 379 g/mol. The Morgan fingerprint density at radius 2 is 1.93 bits per heavy atom. The molecule has 5 heteroatoms. The van der Waals surface area contributed by atoms with E-state index in [1.807, 2.05) is 24.3 Å². The van der Waals surface area contributed by atoms with Gasteiger partial charge in [-0.25, -0.2) is 0 Å². The summed E-state index contributed by atoms with van der Waals surface area (Å²) in [4.78, 5) is 0. The SMILES string of the molecule is CO[C@H]1C[C@@H]2NC[C@@H](c3ccc4c(c3)OCO4)C2=C[C@@H]1OCc1ccccc1. The number of benzene rings is 2. The summed E-state index contributed by atoms with van der Waals surface area (Å²) in [5.41, 5.74) is 3.82. The Morgan fingerprint density at radius 1 is 1.07 bits per heavy atom. The van der Waals surface area contributed by atoms with E-state index in [0.717, 1.165) is 24.5 Å². The van der Waals surface area contributed by atoms with E-state index in [4.69, 9.17) is 18.9 Å². The number of methoxy groups -OCH3 is 1. The van der Waals surface area contributed by atoms with Gasteiger partial charge in [0.1, 0.15) is 6.10 Å². The fourth-order valence-corrected chi connectivity index (χ4v) is 4.45. The van der Waals surface area contributed by atoms with Crippen LogP contribution in [0.25, 0.3) is 0 Å². The first-order valence-electron chi connectivity index (χ1n) is 9.84. The second kappa shape index (κ2) is 7.59. The summed E-state index contributed by atoms with van der Waals surface area (Å²) in [5, 5.41) is 3.66. The van der Waals surface area contributed by atoms with Crippen LogP contribution in [0.5, 0.6) is 11.5 Å². The predicted octanol–water partition coefficient (Wildman–Crippen LogP) is 3.40. The van der Waals surface area contributed by atoms with Crippen molar-refractivity contribution >= 4 is 0 Å². The molecular weight excluding hydrogens is 354 g/mol. The van der Waals surface area contributed by atoms with Crippen molar-refractivity contribution in [2.24, 2.45) is 0 Å². The molecule has 2 aromatic rings. The van der Waals surface area contributed by atoms with Crippen LogP contribution >= 0.6 is 0 Å². The van der Waals surface area contributed by atoms with Gasteiger partial charge in [0.25, 0.3) is 0 Å². The van der Waals surface area contributed by atoms with E-state index in [9.17, 15) is 0 Å². The molecule has 1 fully saturated rings. The van der Waals surface area contributed by atoms with Gasteiger partial charge in [0, 0.05) is 25.6 Å². The molecular formula is C23H25NO4. The first-order valence-corrected chi connectivity index (χ1v) is 9.84. The maximum Gasteiger partial charge on any atom is 0.231 e. The van der Waals surface area contributed by atoms with Crippen LogP contribution in [0.1, 0.15) is 23.5 Å². The summed E-state index contributed by atoms with van der Waals surface area (Å²) in [6.45, 7) is 1.80. The van der Waals surface area contributed by atoms with Crippen LogP contribution in [-0.4, -0.2) is 38.7 Å². The van der Waals surface area contributed by atoms with Crippen molar-refractivity contribution in [3.63, 3.8) is 0 Å². The zero-order chi connectivity index (χ0) is 18.9. The third kappa shape index (κ3) is 3.30. The summed E-state index contributed by atoms with van der Waals surface area (Å²) in [5.74, 6) is 1.98. The van der Waals surface area contributed by atoms with Gasteiger partial charge in [-0.1, -0.05) is 42.5 Å². The normalized spacial score (nSPS) is 28.1. The Morgan fingerprint density at radius 3 is 2.79 bits per heavy atom. The Kier molecular flexibility index (Phi) is 4.81. The largest absolute Gasteiger partial charge is 0.454 e. The van der Waals surface area contributed by atoms with Crippen LogP contribution < -0.4 is 14.8 Å². The highest BCUT2D eigenvalue weighted by Gasteiger charge is 2.39. The Bertz CT molecular complexity index is 866. The molecule has 1 saturated heterocycles. The van der Waals surface area contributed by atoms with Crippen molar-refractivity contribution in [2.45, 2.75) is 37.2 Å². The maximum atomic E-state index is 6.27. The van der Waals surface area contributed by atoms with Gasteiger partial charge in [-0.05, 0) is 35.3 Å². The fourth-order valence-electron chi connectivity index (χ4n) is 4.45. The highest BCUT2D eigenvalue weighted by Crippen LogP contribution is 2.41. The van der Waals surface area contributed by atoms with Crippen LogP contribution in [0.4, 0.5) is 0 Å². The molecule has 5 rings (SSSR count). The monoisotopic (exact) mass is 379 g/mol. The van der Waals surface area contributed by atoms with Crippen molar-refractivity contribution in [2.75, 3.05) is 20.4 Å². The Hall–Kier alpha value is -2.34. The molecule has 0 amide bonds. The fraction of sp³-hybridized carbons (Fsp3) is 0.391. The zero-order valence-electron chi connectivity index (χ0n) is 16.0. The molecule has 0 spiro atoms. The molecule has 0 saturated carbocycles. The molecule has 0 bridgehead atoms. The number of hydrogen-bond acceptors (Lipinski definition) is 5. The highest BCUT2D eigenvalue weighted by molar-refractivity contribution is 5.48. The van der Waals surface area contributed by atoms with Crippen LogP contribution in [0.15, 0.2) is 60.2 Å². The Labute approximate surface area is 165 Å². The smallest absolute Gasteiger partial charge is 0.231 e. The highest BCUT2D eigenvalue weighted by atomic mass is 16.7. The van der Waals surface area contributed by atoms with Gasteiger partial charge in [-0.2, -0.15) is 0 Å². The summed E-state index contributed by atoms with van der Waals surface area (Å²) in [7, 11) is 1.77. The molecule has 2 heterocycles. The molecule has 1 N–H and O–H groups in total. The lowest BCUT2D eigenvalue weighted by Crippen LogP contribution is -2.40. The molecule has 5 nitrogen and oxygen atoms in total. The van der Waals surface area contributed by atoms with E-state index in [2.05, 4.69) is 35.7 Å². The van der Waals surface area contributed by atoms with Gasteiger partial charge in [0.15, 0.2) is 11.5 Å². The van der Waals surface area contributed by atoms with E-state index in [1.165, 1.54) is 16.7 Å². The molecule has 4 atom stereocenters. The van der Waals surface area contributed by atoms with Gasteiger partial charge in [0.2, 0.25) is 6.79 Å². The molecule has 2 aliphatic heterocycles. The van der Waals surface area contributed by atoms with E-state index in [0.29, 0.717) is 25.4 Å². The number of rotatable bonds is 5. The van der Waals surface area contributed by atoms with E-state index in [-0.39, 0.29) is 12.2 Å². The summed E-state index contributed by atoms with van der Waals surface area (Å²) >= 11 is 0. The van der Waals surface area contributed by atoms with Gasteiger partial charge >= 0.3 is 0 Å². The quantitative estimate of drug-likeness (QED) is 0.807. The van der Waals surface area contributed by atoms with E-state index < -0.39 is 0 Å². The van der Waals surface area contributed by atoms with Gasteiger partial charge in [-0.15, -0.1) is 0 Å². The standard InChI is InChI=1S/C23H25NO4/c1-25-21-11-19-17(10-23(21)26-13-15-5-3-2-4-6-15)18(12-24-19)16-7-8-20-22(9-16)28-14-27-20/h2-10,18-19,21,23-24H,11-14H2,1H3/t18-,19-,21-,23-/m0/s1. The molecule has 146 valence electrons. The number of ether oxygens (including phenoxy) is 4. The van der Waals surface area contributed by atoms with Crippen molar-refractivity contribution in [1.29, 1.82) is 0 Å². The third-order valence-electron chi connectivity index (χ3n) is 5.95. The second-order valence-electron chi connectivity index (χ2n) is 7.56. The summed E-state index contributed by atoms with van der Waals surface area (Å²) in [6, 6.07) is 16.9. The van der Waals surface area contributed by atoms with E-state index >= 15 is 0 Å². The number of fused-ring (bicyclic) bond motifs is 2. The molecule has 0 aromatic heterocycles.